The second-order valence-electron chi connectivity index (χ2n) is 8.56. The molecule has 0 radical (unpaired) electrons. The van der Waals surface area contributed by atoms with Crippen LogP contribution in [0.4, 0.5) is 10.5 Å². The van der Waals surface area contributed by atoms with Crippen LogP contribution in [0.15, 0.2) is 65.6 Å². The molecule has 0 aliphatic carbocycles. The van der Waals surface area contributed by atoms with Gasteiger partial charge in [0.15, 0.2) is 11.5 Å². The monoisotopic (exact) mass is 614 g/mol. The number of halogens is 2. The van der Waals surface area contributed by atoms with Gasteiger partial charge in [0.1, 0.15) is 13.2 Å². The molecular formula is C29H24Cl2N2O7S. The Morgan fingerprint density at radius 2 is 1.73 bits per heavy atom. The highest BCUT2D eigenvalue weighted by Crippen LogP contribution is 2.35. The highest BCUT2D eigenvalue weighted by atomic mass is 35.5. The van der Waals surface area contributed by atoms with Crippen molar-refractivity contribution in [3.8, 4) is 11.5 Å². The zero-order chi connectivity index (χ0) is 29.5. The molecule has 12 heteroatoms. The fraction of sp³-hybridized carbons (Fsp3) is 0.172. The van der Waals surface area contributed by atoms with Crippen LogP contribution < -0.4 is 14.8 Å². The van der Waals surface area contributed by atoms with Gasteiger partial charge in [-0.25, -0.2) is 4.79 Å². The lowest BCUT2D eigenvalue weighted by atomic mass is 10.1. The van der Waals surface area contributed by atoms with Crippen LogP contribution >= 0.6 is 35.0 Å². The van der Waals surface area contributed by atoms with Gasteiger partial charge < -0.3 is 19.5 Å². The van der Waals surface area contributed by atoms with Gasteiger partial charge in [-0.2, -0.15) is 0 Å². The quantitative estimate of drug-likeness (QED) is 0.205. The summed E-state index contributed by atoms with van der Waals surface area (Å²) in [5.74, 6) is -0.921. The summed E-state index contributed by atoms with van der Waals surface area (Å²) in [7, 11) is 1.21. The first kappa shape index (κ1) is 30.0. The number of methoxy groups -OCH3 is 1. The first-order chi connectivity index (χ1) is 19.7. The van der Waals surface area contributed by atoms with Gasteiger partial charge in [-0.1, -0.05) is 41.4 Å². The highest BCUT2D eigenvalue weighted by Gasteiger charge is 2.36. The summed E-state index contributed by atoms with van der Waals surface area (Å²) in [5.41, 5.74) is 1.86. The van der Waals surface area contributed by atoms with E-state index in [0.717, 1.165) is 22.2 Å². The van der Waals surface area contributed by atoms with Gasteiger partial charge in [-0.3, -0.25) is 19.3 Å². The first-order valence-electron chi connectivity index (χ1n) is 12.3. The van der Waals surface area contributed by atoms with E-state index < -0.39 is 29.6 Å². The van der Waals surface area contributed by atoms with Crippen LogP contribution in [0.25, 0.3) is 6.08 Å². The minimum atomic E-state index is -0.671. The number of thioether (sulfide) groups is 1. The summed E-state index contributed by atoms with van der Waals surface area (Å²) in [4.78, 5) is 51.0. The standard InChI is InChI=1S/C29H24Cl2N2O7S/c1-3-39-24-12-18(6-11-23(24)40-16-17-4-7-19(30)8-5-17)13-25-27(35)33(29(37)41-25)15-26(34)32-20-9-10-22(31)21(14-20)28(36)38-2/h4-14H,3,15-16H2,1-2H3,(H,32,34)/b25-13+. The van der Waals surface area contributed by atoms with Crippen molar-refractivity contribution in [1.82, 2.24) is 4.90 Å². The van der Waals surface area contributed by atoms with Gasteiger partial charge >= 0.3 is 5.97 Å². The zero-order valence-corrected chi connectivity index (χ0v) is 24.3. The number of carbonyl (C=O) groups is 4. The van der Waals surface area contributed by atoms with Crippen LogP contribution in [0.2, 0.25) is 10.0 Å². The fourth-order valence-electron chi connectivity index (χ4n) is 3.74. The lowest BCUT2D eigenvalue weighted by Gasteiger charge is -2.13. The molecule has 1 N–H and O–H groups in total. The second-order valence-corrected chi connectivity index (χ2v) is 10.4. The number of amides is 3. The SMILES string of the molecule is CCOc1cc(/C=C2/SC(=O)N(CC(=O)Nc3ccc(Cl)c(C(=O)OC)c3)C2=O)ccc1OCc1ccc(Cl)cc1. The third kappa shape index (κ3) is 7.60. The first-order valence-corrected chi connectivity index (χ1v) is 13.8. The molecule has 0 unspecified atom stereocenters. The topological polar surface area (TPSA) is 111 Å². The van der Waals surface area contributed by atoms with Crippen molar-refractivity contribution in [3.63, 3.8) is 0 Å². The molecule has 1 heterocycles. The number of nitrogens with one attached hydrogen (secondary N) is 1. The van der Waals surface area contributed by atoms with Gasteiger partial charge in [0.2, 0.25) is 5.91 Å². The molecule has 1 aliphatic rings. The minimum absolute atomic E-state index is 0.0638. The Labute approximate surface area is 250 Å². The average Bonchev–Trinajstić information content (AvgIpc) is 3.21. The molecule has 212 valence electrons. The smallest absolute Gasteiger partial charge is 0.339 e. The van der Waals surface area contributed by atoms with Crippen LogP contribution in [-0.4, -0.2) is 48.2 Å². The van der Waals surface area contributed by atoms with Gasteiger partial charge in [-0.15, -0.1) is 0 Å². The normalized spacial score (nSPS) is 13.9. The number of anilines is 1. The summed E-state index contributed by atoms with van der Waals surface area (Å²) >= 11 is 12.7. The number of carbonyl (C=O) groups excluding carboxylic acids is 4. The van der Waals surface area contributed by atoms with E-state index in [-0.39, 0.29) is 21.2 Å². The number of imide groups is 1. The van der Waals surface area contributed by atoms with Crippen molar-refractivity contribution in [2.75, 3.05) is 25.6 Å². The predicted molar refractivity (Wildman–Crippen MR) is 157 cm³/mol. The van der Waals surface area contributed by atoms with E-state index in [9.17, 15) is 19.2 Å². The molecule has 1 aliphatic heterocycles. The Morgan fingerprint density at radius 3 is 2.44 bits per heavy atom. The largest absolute Gasteiger partial charge is 0.490 e. The Hall–Kier alpha value is -3.99. The van der Waals surface area contributed by atoms with E-state index in [1.807, 2.05) is 19.1 Å². The van der Waals surface area contributed by atoms with E-state index in [1.165, 1.54) is 25.3 Å². The number of hydrogen-bond donors (Lipinski definition) is 1. The van der Waals surface area contributed by atoms with E-state index >= 15 is 0 Å². The van der Waals surface area contributed by atoms with Crippen LogP contribution in [-0.2, 0) is 20.9 Å². The van der Waals surface area contributed by atoms with Crippen molar-refractivity contribution < 1.29 is 33.4 Å². The predicted octanol–water partition coefficient (Wildman–Crippen LogP) is 6.43. The van der Waals surface area contributed by atoms with Crippen molar-refractivity contribution in [2.24, 2.45) is 0 Å². The summed E-state index contributed by atoms with van der Waals surface area (Å²) in [6.45, 7) is 2.02. The molecule has 3 aromatic rings. The molecule has 4 rings (SSSR count). The van der Waals surface area contributed by atoms with Crippen LogP contribution in [0.1, 0.15) is 28.4 Å². The van der Waals surface area contributed by atoms with E-state index in [1.54, 1.807) is 36.4 Å². The number of nitrogens with zero attached hydrogens (tertiary/aromatic N) is 1. The van der Waals surface area contributed by atoms with Crippen LogP contribution in [0, 0.1) is 0 Å². The fourth-order valence-corrected chi connectivity index (χ4v) is 4.90. The lowest BCUT2D eigenvalue weighted by molar-refractivity contribution is -0.127. The molecule has 0 bridgehead atoms. The Balaban J connectivity index is 1.44. The van der Waals surface area contributed by atoms with Gasteiger partial charge in [-0.05, 0) is 78.4 Å². The van der Waals surface area contributed by atoms with Gasteiger partial charge in [0, 0.05) is 10.7 Å². The van der Waals surface area contributed by atoms with E-state index in [0.29, 0.717) is 35.3 Å². The molecule has 3 aromatic carbocycles. The molecule has 9 nitrogen and oxygen atoms in total. The number of esters is 1. The zero-order valence-electron chi connectivity index (χ0n) is 21.9. The molecule has 0 saturated carbocycles. The Morgan fingerprint density at radius 1 is 0.976 bits per heavy atom. The summed E-state index contributed by atoms with van der Waals surface area (Å²) < 4.78 is 16.3. The maximum Gasteiger partial charge on any atom is 0.339 e. The third-order valence-corrected chi connectivity index (χ3v) is 7.19. The second kappa shape index (κ2) is 13.6. The molecule has 3 amide bonds. The molecular weight excluding hydrogens is 591 g/mol. The van der Waals surface area contributed by atoms with Crippen molar-refractivity contribution in [2.45, 2.75) is 13.5 Å². The van der Waals surface area contributed by atoms with E-state index in [2.05, 4.69) is 10.1 Å². The van der Waals surface area contributed by atoms with Gasteiger partial charge in [0.05, 0.1) is 29.2 Å². The van der Waals surface area contributed by atoms with Crippen LogP contribution in [0.5, 0.6) is 11.5 Å². The van der Waals surface area contributed by atoms with Crippen molar-refractivity contribution in [1.29, 1.82) is 0 Å². The van der Waals surface area contributed by atoms with Crippen molar-refractivity contribution in [3.05, 3.63) is 92.3 Å². The number of rotatable bonds is 10. The number of ether oxygens (including phenoxy) is 3. The highest BCUT2D eigenvalue weighted by molar-refractivity contribution is 8.18. The summed E-state index contributed by atoms with van der Waals surface area (Å²) in [5, 5.41) is 2.76. The molecule has 0 spiro atoms. The maximum atomic E-state index is 13.0. The molecule has 0 atom stereocenters. The van der Waals surface area contributed by atoms with Crippen molar-refractivity contribution >= 4 is 69.8 Å². The lowest BCUT2D eigenvalue weighted by Crippen LogP contribution is -2.36. The molecule has 0 aromatic heterocycles. The Bertz CT molecular complexity index is 1530. The maximum absolute atomic E-state index is 13.0. The van der Waals surface area contributed by atoms with E-state index in [4.69, 9.17) is 32.7 Å². The molecule has 1 saturated heterocycles. The van der Waals surface area contributed by atoms with Crippen LogP contribution in [0.3, 0.4) is 0 Å². The third-order valence-electron chi connectivity index (χ3n) is 5.70. The molecule has 1 fully saturated rings. The molecule has 41 heavy (non-hydrogen) atoms. The summed E-state index contributed by atoms with van der Waals surface area (Å²) in [6, 6.07) is 16.7. The number of benzene rings is 3. The number of hydrogen-bond acceptors (Lipinski definition) is 8. The Kier molecular flexibility index (Phi) is 9.93. The minimum Gasteiger partial charge on any atom is -0.490 e. The average molecular weight is 615 g/mol. The summed E-state index contributed by atoms with van der Waals surface area (Å²) in [6.07, 6.45) is 1.55. The van der Waals surface area contributed by atoms with Gasteiger partial charge in [0.25, 0.3) is 11.1 Å².